The van der Waals surface area contributed by atoms with Crippen LogP contribution in [0.5, 0.6) is 0 Å². The van der Waals surface area contributed by atoms with Gasteiger partial charge in [0.05, 0.1) is 5.56 Å². The normalized spacial score (nSPS) is 10.4. The zero-order valence-corrected chi connectivity index (χ0v) is 14.7. The number of hydrogen-bond acceptors (Lipinski definition) is 5. The molecular weight excluding hydrogens is 328 g/mol. The highest BCUT2D eigenvalue weighted by Gasteiger charge is 2.05. The summed E-state index contributed by atoms with van der Waals surface area (Å²) in [4.78, 5) is 19.7. The summed E-state index contributed by atoms with van der Waals surface area (Å²) in [6.45, 7) is 4.59. The van der Waals surface area contributed by atoms with Gasteiger partial charge in [-0.25, -0.2) is 14.8 Å². The Bertz CT molecular complexity index is 923. The average Bonchev–Trinajstić information content (AvgIpc) is 2.61. The van der Waals surface area contributed by atoms with E-state index in [0.717, 1.165) is 11.5 Å². The fourth-order valence-corrected chi connectivity index (χ4v) is 2.56. The molecule has 0 bridgehead atoms. The van der Waals surface area contributed by atoms with E-state index in [0.29, 0.717) is 18.2 Å². The summed E-state index contributed by atoms with van der Waals surface area (Å²) < 4.78 is 0. The van der Waals surface area contributed by atoms with Crippen molar-refractivity contribution < 1.29 is 9.90 Å². The smallest absolute Gasteiger partial charge is 0.335 e. The number of carboxylic acid groups (broad SMARTS) is 1. The van der Waals surface area contributed by atoms with Gasteiger partial charge in [0.15, 0.2) is 0 Å². The predicted molar refractivity (Wildman–Crippen MR) is 102 cm³/mol. The Morgan fingerprint density at radius 2 is 1.69 bits per heavy atom. The molecule has 6 heteroatoms. The van der Waals surface area contributed by atoms with Crippen molar-refractivity contribution >= 4 is 23.3 Å². The van der Waals surface area contributed by atoms with Gasteiger partial charge >= 0.3 is 5.97 Å². The monoisotopic (exact) mass is 348 g/mol. The summed E-state index contributed by atoms with van der Waals surface area (Å²) in [5, 5.41) is 15.5. The zero-order chi connectivity index (χ0) is 18.5. The lowest BCUT2D eigenvalue weighted by Gasteiger charge is -2.11. The van der Waals surface area contributed by atoms with Gasteiger partial charge in [-0.2, -0.15) is 0 Å². The quantitative estimate of drug-likeness (QED) is 0.620. The molecule has 2 aromatic carbocycles. The molecule has 0 saturated heterocycles. The van der Waals surface area contributed by atoms with Gasteiger partial charge < -0.3 is 15.7 Å². The second-order valence-electron chi connectivity index (χ2n) is 5.97. The molecule has 0 saturated carbocycles. The van der Waals surface area contributed by atoms with E-state index in [-0.39, 0.29) is 5.56 Å². The number of carboxylic acids is 1. The Balaban J connectivity index is 1.73. The maximum Gasteiger partial charge on any atom is 0.335 e. The number of nitrogens with zero attached hydrogens (tertiary/aromatic N) is 2. The van der Waals surface area contributed by atoms with Gasteiger partial charge in [0, 0.05) is 18.3 Å². The molecule has 3 N–H and O–H groups in total. The van der Waals surface area contributed by atoms with Crippen LogP contribution in [-0.4, -0.2) is 21.0 Å². The lowest BCUT2D eigenvalue weighted by Crippen LogP contribution is -2.06. The van der Waals surface area contributed by atoms with Gasteiger partial charge in [-0.1, -0.05) is 24.3 Å². The molecule has 0 aliphatic rings. The molecule has 0 radical (unpaired) electrons. The molecule has 3 rings (SSSR count). The van der Waals surface area contributed by atoms with E-state index >= 15 is 0 Å². The summed E-state index contributed by atoms with van der Waals surface area (Å²) in [5.41, 5.74) is 3.44. The summed E-state index contributed by atoms with van der Waals surface area (Å²) in [6.07, 6.45) is 0. The van der Waals surface area contributed by atoms with Crippen LogP contribution >= 0.6 is 0 Å². The first-order valence-electron chi connectivity index (χ1n) is 8.26. The zero-order valence-electron chi connectivity index (χ0n) is 14.7. The molecule has 3 aromatic rings. The summed E-state index contributed by atoms with van der Waals surface area (Å²) in [5.74, 6) is 1.07. The van der Waals surface area contributed by atoms with Crippen molar-refractivity contribution in [3.8, 4) is 0 Å². The molecule has 26 heavy (non-hydrogen) atoms. The van der Waals surface area contributed by atoms with Crippen molar-refractivity contribution in [1.82, 2.24) is 9.97 Å². The highest BCUT2D eigenvalue weighted by atomic mass is 16.4. The largest absolute Gasteiger partial charge is 0.478 e. The van der Waals surface area contributed by atoms with E-state index in [2.05, 4.69) is 39.7 Å². The van der Waals surface area contributed by atoms with E-state index in [1.165, 1.54) is 11.1 Å². The van der Waals surface area contributed by atoms with Gasteiger partial charge in [0.2, 0.25) is 0 Å². The lowest BCUT2D eigenvalue weighted by atomic mass is 10.1. The number of anilines is 3. The van der Waals surface area contributed by atoms with Crippen LogP contribution in [-0.2, 0) is 6.54 Å². The van der Waals surface area contributed by atoms with Crippen molar-refractivity contribution in [1.29, 1.82) is 0 Å². The molecule has 132 valence electrons. The van der Waals surface area contributed by atoms with E-state index in [1.54, 1.807) is 24.3 Å². The molecular formula is C20H20N4O2. The third-order valence-electron chi connectivity index (χ3n) is 3.96. The standard InChI is InChI=1S/C20H20N4O2/c1-13-5-3-4-6-16(13)12-21-18-11-19(23-14(2)22-18)24-17-9-7-15(8-10-17)20(25)26/h3-11H,12H2,1-2H3,(H,25,26)(H2,21,22,23,24). The highest BCUT2D eigenvalue weighted by Crippen LogP contribution is 2.19. The van der Waals surface area contributed by atoms with Gasteiger partial charge in [-0.3, -0.25) is 0 Å². The second-order valence-corrected chi connectivity index (χ2v) is 5.97. The van der Waals surface area contributed by atoms with E-state index < -0.39 is 5.97 Å². The van der Waals surface area contributed by atoms with Gasteiger partial charge in [0.25, 0.3) is 0 Å². The minimum atomic E-state index is -0.947. The van der Waals surface area contributed by atoms with Crippen LogP contribution in [0.15, 0.2) is 54.6 Å². The topological polar surface area (TPSA) is 87.1 Å². The van der Waals surface area contributed by atoms with Gasteiger partial charge in [-0.05, 0) is 49.2 Å². The highest BCUT2D eigenvalue weighted by molar-refractivity contribution is 5.88. The second kappa shape index (κ2) is 7.65. The summed E-state index contributed by atoms with van der Waals surface area (Å²) in [6, 6.07) is 16.6. The van der Waals surface area contributed by atoms with E-state index in [1.807, 2.05) is 25.1 Å². The number of carbonyl (C=O) groups is 1. The molecule has 0 aliphatic heterocycles. The molecule has 6 nitrogen and oxygen atoms in total. The Morgan fingerprint density at radius 1 is 1.00 bits per heavy atom. The average molecular weight is 348 g/mol. The van der Waals surface area contributed by atoms with Crippen LogP contribution in [0, 0.1) is 13.8 Å². The number of aromatic nitrogens is 2. The molecule has 1 aromatic heterocycles. The lowest BCUT2D eigenvalue weighted by molar-refractivity contribution is 0.0697. The van der Waals surface area contributed by atoms with Crippen LogP contribution in [0.3, 0.4) is 0 Å². The van der Waals surface area contributed by atoms with Crippen molar-refractivity contribution in [3.05, 3.63) is 77.1 Å². The number of aryl methyl sites for hydroxylation is 2. The van der Waals surface area contributed by atoms with E-state index in [9.17, 15) is 4.79 Å². The minimum absolute atomic E-state index is 0.245. The number of hydrogen-bond donors (Lipinski definition) is 3. The molecule has 0 aliphatic carbocycles. The van der Waals surface area contributed by atoms with E-state index in [4.69, 9.17) is 5.11 Å². The first-order chi connectivity index (χ1) is 12.5. The van der Waals surface area contributed by atoms with Crippen LogP contribution in [0.1, 0.15) is 27.3 Å². The predicted octanol–water partition coefficient (Wildman–Crippen LogP) is 4.15. The molecule has 0 amide bonds. The molecule has 0 atom stereocenters. The van der Waals surface area contributed by atoms with Crippen molar-refractivity contribution in [2.75, 3.05) is 10.6 Å². The summed E-state index contributed by atoms with van der Waals surface area (Å²) >= 11 is 0. The fourth-order valence-electron chi connectivity index (χ4n) is 2.56. The maximum atomic E-state index is 10.9. The maximum absolute atomic E-state index is 10.9. The molecule has 0 fully saturated rings. The fraction of sp³-hybridized carbons (Fsp3) is 0.150. The number of aromatic carboxylic acids is 1. The number of nitrogens with one attached hydrogen (secondary N) is 2. The Morgan fingerprint density at radius 3 is 2.38 bits per heavy atom. The van der Waals surface area contributed by atoms with Gasteiger partial charge in [0.1, 0.15) is 17.5 Å². The first-order valence-corrected chi connectivity index (χ1v) is 8.26. The van der Waals surface area contributed by atoms with Crippen molar-refractivity contribution in [2.24, 2.45) is 0 Å². The molecule has 0 spiro atoms. The van der Waals surface area contributed by atoms with Crippen LogP contribution in [0.4, 0.5) is 17.3 Å². The Kier molecular flexibility index (Phi) is 5.12. The third kappa shape index (κ3) is 4.36. The van der Waals surface area contributed by atoms with Crippen LogP contribution in [0.2, 0.25) is 0 Å². The number of benzene rings is 2. The molecule has 1 heterocycles. The SMILES string of the molecule is Cc1nc(NCc2ccccc2C)cc(Nc2ccc(C(=O)O)cc2)n1. The molecule has 0 unspecified atom stereocenters. The van der Waals surface area contributed by atoms with Crippen molar-refractivity contribution in [3.63, 3.8) is 0 Å². The van der Waals surface area contributed by atoms with Crippen LogP contribution in [0.25, 0.3) is 0 Å². The summed E-state index contributed by atoms with van der Waals surface area (Å²) in [7, 11) is 0. The number of rotatable bonds is 6. The van der Waals surface area contributed by atoms with Gasteiger partial charge in [-0.15, -0.1) is 0 Å². The Labute approximate surface area is 152 Å². The van der Waals surface area contributed by atoms with Crippen LogP contribution < -0.4 is 10.6 Å². The Hall–Kier alpha value is -3.41. The minimum Gasteiger partial charge on any atom is -0.478 e. The third-order valence-corrected chi connectivity index (χ3v) is 3.96. The van der Waals surface area contributed by atoms with Crippen molar-refractivity contribution in [2.45, 2.75) is 20.4 Å². The first kappa shape index (κ1) is 17.4.